The topological polar surface area (TPSA) is 52.0 Å². The van der Waals surface area contributed by atoms with Crippen molar-refractivity contribution in [1.29, 1.82) is 0 Å². The molecule has 152 valence electrons. The molecule has 4 rings (SSSR count). The molecule has 0 aliphatic heterocycles. The van der Waals surface area contributed by atoms with E-state index in [0.29, 0.717) is 5.02 Å². The minimum absolute atomic E-state index is 0.105. The van der Waals surface area contributed by atoms with Crippen LogP contribution in [0.5, 0.6) is 0 Å². The second-order valence-corrected chi connectivity index (χ2v) is 9.72. The molecule has 0 radical (unpaired) electrons. The predicted molar refractivity (Wildman–Crippen MR) is 121 cm³/mol. The zero-order chi connectivity index (χ0) is 21.3. The standard InChI is InChI=1S/C24H21ClN2O2S/c1-17(18-6-4-3-5-7-18)23-16-27(21-12-10-20(25)11-13-21)24(26-23)19-8-14-22(15-9-19)30(2,28)29/h3-17H,1-2H3. The molecule has 0 aliphatic rings. The Kier molecular flexibility index (Phi) is 5.50. The molecule has 1 aromatic heterocycles. The molecule has 30 heavy (non-hydrogen) atoms. The van der Waals surface area contributed by atoms with Crippen molar-refractivity contribution in [1.82, 2.24) is 9.55 Å². The molecular formula is C24H21ClN2O2S. The van der Waals surface area contributed by atoms with Gasteiger partial charge in [0.1, 0.15) is 5.82 Å². The molecule has 0 spiro atoms. The van der Waals surface area contributed by atoms with Crippen LogP contribution in [-0.2, 0) is 9.84 Å². The Morgan fingerprint density at radius 3 is 2.13 bits per heavy atom. The molecule has 1 unspecified atom stereocenters. The summed E-state index contributed by atoms with van der Waals surface area (Å²) >= 11 is 6.07. The van der Waals surface area contributed by atoms with Crippen molar-refractivity contribution in [2.75, 3.05) is 6.26 Å². The molecule has 0 N–H and O–H groups in total. The fourth-order valence-electron chi connectivity index (χ4n) is 3.37. The average Bonchev–Trinajstić information content (AvgIpc) is 3.19. The number of halogens is 1. The lowest BCUT2D eigenvalue weighted by Gasteiger charge is -2.09. The third-order valence-corrected chi connectivity index (χ3v) is 6.49. The van der Waals surface area contributed by atoms with Crippen molar-refractivity contribution < 1.29 is 8.42 Å². The van der Waals surface area contributed by atoms with E-state index < -0.39 is 9.84 Å². The zero-order valence-corrected chi connectivity index (χ0v) is 18.2. The normalized spacial score (nSPS) is 12.6. The highest BCUT2D eigenvalue weighted by atomic mass is 35.5. The van der Waals surface area contributed by atoms with Gasteiger partial charge in [-0.2, -0.15) is 0 Å². The van der Waals surface area contributed by atoms with Crippen molar-refractivity contribution in [3.63, 3.8) is 0 Å². The average molecular weight is 437 g/mol. The van der Waals surface area contributed by atoms with Gasteiger partial charge in [-0.05, 0) is 54.1 Å². The van der Waals surface area contributed by atoms with Crippen LogP contribution in [0.1, 0.15) is 24.1 Å². The summed E-state index contributed by atoms with van der Waals surface area (Å²) in [5.41, 5.74) is 3.88. The highest BCUT2D eigenvalue weighted by molar-refractivity contribution is 7.90. The van der Waals surface area contributed by atoms with Crippen LogP contribution in [0, 0.1) is 0 Å². The quantitative estimate of drug-likeness (QED) is 0.400. The van der Waals surface area contributed by atoms with E-state index in [1.165, 1.54) is 11.8 Å². The largest absolute Gasteiger partial charge is 0.299 e. The van der Waals surface area contributed by atoms with Gasteiger partial charge in [-0.3, -0.25) is 4.57 Å². The van der Waals surface area contributed by atoms with Crippen molar-refractivity contribution >= 4 is 21.4 Å². The van der Waals surface area contributed by atoms with Gasteiger partial charge in [0.05, 0.1) is 10.6 Å². The van der Waals surface area contributed by atoms with Gasteiger partial charge >= 0.3 is 0 Å². The van der Waals surface area contributed by atoms with Crippen LogP contribution in [-0.4, -0.2) is 24.2 Å². The van der Waals surface area contributed by atoms with E-state index in [9.17, 15) is 8.42 Å². The van der Waals surface area contributed by atoms with Crippen LogP contribution < -0.4 is 0 Å². The van der Waals surface area contributed by atoms with Gasteiger partial charge in [0.15, 0.2) is 9.84 Å². The highest BCUT2D eigenvalue weighted by Crippen LogP contribution is 2.30. The first-order chi connectivity index (χ1) is 14.3. The Hall–Kier alpha value is -2.89. The third kappa shape index (κ3) is 4.18. The molecule has 4 nitrogen and oxygen atoms in total. The van der Waals surface area contributed by atoms with Crippen molar-refractivity contribution in [3.8, 4) is 17.1 Å². The Morgan fingerprint density at radius 1 is 0.900 bits per heavy atom. The lowest BCUT2D eigenvalue weighted by atomic mass is 9.99. The number of nitrogens with zero attached hydrogens (tertiary/aromatic N) is 2. The lowest BCUT2D eigenvalue weighted by Crippen LogP contribution is -1.98. The van der Waals surface area contributed by atoms with E-state index in [2.05, 4.69) is 19.1 Å². The maximum Gasteiger partial charge on any atom is 0.175 e. The number of sulfone groups is 1. The van der Waals surface area contributed by atoms with Gasteiger partial charge in [0.2, 0.25) is 0 Å². The van der Waals surface area contributed by atoms with E-state index in [-0.39, 0.29) is 10.8 Å². The van der Waals surface area contributed by atoms with E-state index in [1.54, 1.807) is 24.3 Å². The zero-order valence-electron chi connectivity index (χ0n) is 16.7. The van der Waals surface area contributed by atoms with Gasteiger partial charge in [0.25, 0.3) is 0 Å². The molecule has 3 aromatic carbocycles. The molecule has 1 heterocycles. The Morgan fingerprint density at radius 2 is 1.53 bits per heavy atom. The Balaban J connectivity index is 1.83. The number of hydrogen-bond donors (Lipinski definition) is 0. The third-order valence-electron chi connectivity index (χ3n) is 5.11. The molecule has 4 aromatic rings. The summed E-state index contributed by atoms with van der Waals surface area (Å²) < 4.78 is 25.7. The van der Waals surface area contributed by atoms with Crippen LogP contribution in [0.15, 0.2) is 90.0 Å². The first-order valence-electron chi connectivity index (χ1n) is 9.53. The first-order valence-corrected chi connectivity index (χ1v) is 11.8. The fourth-order valence-corrected chi connectivity index (χ4v) is 4.13. The summed E-state index contributed by atoms with van der Waals surface area (Å²) in [6, 6.07) is 24.6. The second kappa shape index (κ2) is 8.09. The molecule has 0 fully saturated rings. The summed E-state index contributed by atoms with van der Waals surface area (Å²) in [5, 5.41) is 0.663. The molecule has 0 amide bonds. The van der Waals surface area contributed by atoms with Crippen LogP contribution in [0.4, 0.5) is 0 Å². The molecule has 0 bridgehead atoms. The maximum atomic E-state index is 11.8. The number of rotatable bonds is 5. The van der Waals surface area contributed by atoms with Crippen LogP contribution in [0.3, 0.4) is 0 Å². The number of aromatic nitrogens is 2. The summed E-state index contributed by atoms with van der Waals surface area (Å²) in [4.78, 5) is 5.21. The fraction of sp³-hybridized carbons (Fsp3) is 0.125. The van der Waals surface area contributed by atoms with Gasteiger partial charge in [-0.25, -0.2) is 13.4 Å². The summed E-state index contributed by atoms with van der Waals surface area (Å²) in [5.74, 6) is 0.851. The molecule has 0 saturated heterocycles. The SMILES string of the molecule is CC(c1ccccc1)c1cn(-c2ccc(Cl)cc2)c(-c2ccc(S(C)(=O)=O)cc2)n1. The van der Waals surface area contributed by atoms with Crippen molar-refractivity contribution in [2.45, 2.75) is 17.7 Å². The van der Waals surface area contributed by atoms with E-state index >= 15 is 0 Å². The van der Waals surface area contributed by atoms with Crippen LogP contribution in [0.25, 0.3) is 17.1 Å². The molecule has 1 atom stereocenters. The van der Waals surface area contributed by atoms with Crippen LogP contribution >= 0.6 is 11.6 Å². The molecular weight excluding hydrogens is 416 g/mol. The lowest BCUT2D eigenvalue weighted by molar-refractivity contribution is 0.602. The van der Waals surface area contributed by atoms with E-state index in [4.69, 9.17) is 16.6 Å². The number of hydrogen-bond acceptors (Lipinski definition) is 3. The summed E-state index contributed by atoms with van der Waals surface area (Å²) in [6.45, 7) is 2.13. The Labute approximate surface area is 181 Å². The van der Waals surface area contributed by atoms with Gasteiger partial charge in [0, 0.05) is 34.6 Å². The smallest absolute Gasteiger partial charge is 0.175 e. The van der Waals surface area contributed by atoms with Gasteiger partial charge < -0.3 is 0 Å². The highest BCUT2D eigenvalue weighted by Gasteiger charge is 2.18. The predicted octanol–water partition coefficient (Wildman–Crippen LogP) is 5.75. The minimum Gasteiger partial charge on any atom is -0.299 e. The molecule has 0 aliphatic carbocycles. The maximum absolute atomic E-state index is 11.8. The van der Waals surface area contributed by atoms with Gasteiger partial charge in [-0.15, -0.1) is 0 Å². The minimum atomic E-state index is -3.25. The van der Waals surface area contributed by atoms with Gasteiger partial charge in [-0.1, -0.05) is 48.9 Å². The first kappa shape index (κ1) is 20.4. The van der Waals surface area contributed by atoms with Crippen molar-refractivity contribution in [3.05, 3.63) is 101 Å². The number of benzene rings is 3. The monoisotopic (exact) mass is 436 g/mol. The number of imidazole rings is 1. The van der Waals surface area contributed by atoms with Crippen LogP contribution in [0.2, 0.25) is 5.02 Å². The van der Waals surface area contributed by atoms with E-state index in [0.717, 1.165) is 22.8 Å². The van der Waals surface area contributed by atoms with Crippen molar-refractivity contribution in [2.24, 2.45) is 0 Å². The van der Waals surface area contributed by atoms with E-state index in [1.807, 2.05) is 53.2 Å². The Bertz CT molecular complexity index is 1260. The second-order valence-electron chi connectivity index (χ2n) is 7.26. The molecule has 0 saturated carbocycles. The summed E-state index contributed by atoms with van der Waals surface area (Å²) in [7, 11) is -3.25. The summed E-state index contributed by atoms with van der Waals surface area (Å²) in [6.07, 6.45) is 3.23. The molecule has 6 heteroatoms.